The highest BCUT2D eigenvalue weighted by atomic mass is 32.2. The molecule has 1 saturated carbocycles. The second kappa shape index (κ2) is 7.31. The van der Waals surface area contributed by atoms with E-state index in [9.17, 15) is 8.42 Å². The predicted octanol–water partition coefficient (Wildman–Crippen LogP) is 0.798. The van der Waals surface area contributed by atoms with Crippen molar-refractivity contribution in [2.45, 2.75) is 38.8 Å². The molecule has 1 aromatic rings. The minimum Gasteiger partial charge on any atom is -0.314 e. The van der Waals surface area contributed by atoms with E-state index in [-0.39, 0.29) is 6.54 Å². The SMILES string of the molecule is Cc1cccnc1CNS(=O)(=O)N(C)CCCNC1CC1. The third-order valence-corrected chi connectivity index (χ3v) is 5.12. The molecule has 2 rings (SSSR count). The minimum absolute atomic E-state index is 0.222. The fraction of sp³-hybridized carbons (Fsp3) is 0.643. The number of nitrogens with zero attached hydrogens (tertiary/aromatic N) is 2. The third-order valence-electron chi connectivity index (χ3n) is 3.61. The number of pyridine rings is 1. The maximum atomic E-state index is 12.1. The van der Waals surface area contributed by atoms with E-state index >= 15 is 0 Å². The van der Waals surface area contributed by atoms with Crippen LogP contribution in [-0.2, 0) is 16.8 Å². The predicted molar refractivity (Wildman–Crippen MR) is 83.0 cm³/mol. The van der Waals surface area contributed by atoms with E-state index in [2.05, 4.69) is 15.0 Å². The Labute approximate surface area is 127 Å². The molecule has 1 aromatic heterocycles. The summed E-state index contributed by atoms with van der Waals surface area (Å²) in [5.74, 6) is 0. The topological polar surface area (TPSA) is 74.3 Å². The molecule has 0 spiro atoms. The van der Waals surface area contributed by atoms with Crippen molar-refractivity contribution in [2.24, 2.45) is 0 Å². The van der Waals surface area contributed by atoms with Crippen molar-refractivity contribution < 1.29 is 8.42 Å². The van der Waals surface area contributed by atoms with Gasteiger partial charge in [0.2, 0.25) is 0 Å². The molecule has 0 aliphatic heterocycles. The average Bonchev–Trinajstić information content (AvgIpc) is 3.26. The minimum atomic E-state index is -3.44. The van der Waals surface area contributed by atoms with Crippen LogP contribution in [0.15, 0.2) is 18.3 Å². The summed E-state index contributed by atoms with van der Waals surface area (Å²) in [6, 6.07) is 4.42. The first-order valence-corrected chi connectivity index (χ1v) is 8.78. The van der Waals surface area contributed by atoms with Crippen LogP contribution in [0.2, 0.25) is 0 Å². The lowest BCUT2D eigenvalue weighted by molar-refractivity contribution is 0.443. The Kier molecular flexibility index (Phi) is 5.69. The number of hydrogen-bond donors (Lipinski definition) is 2. The molecule has 0 unspecified atom stereocenters. The van der Waals surface area contributed by atoms with E-state index in [0.29, 0.717) is 12.6 Å². The third kappa shape index (κ3) is 5.35. The van der Waals surface area contributed by atoms with Crippen molar-refractivity contribution in [1.29, 1.82) is 0 Å². The van der Waals surface area contributed by atoms with Crippen LogP contribution in [0, 0.1) is 6.92 Å². The largest absolute Gasteiger partial charge is 0.314 e. The lowest BCUT2D eigenvalue weighted by atomic mass is 10.2. The maximum absolute atomic E-state index is 12.1. The fourth-order valence-corrected chi connectivity index (χ4v) is 2.90. The van der Waals surface area contributed by atoms with Gasteiger partial charge in [-0.3, -0.25) is 4.98 Å². The van der Waals surface area contributed by atoms with Crippen LogP contribution in [0.5, 0.6) is 0 Å². The van der Waals surface area contributed by atoms with E-state index in [0.717, 1.165) is 24.2 Å². The van der Waals surface area contributed by atoms with Crippen LogP contribution in [0.1, 0.15) is 30.5 Å². The van der Waals surface area contributed by atoms with E-state index in [1.807, 2.05) is 19.1 Å². The van der Waals surface area contributed by atoms with Gasteiger partial charge in [-0.25, -0.2) is 0 Å². The smallest absolute Gasteiger partial charge is 0.279 e. The van der Waals surface area contributed by atoms with Gasteiger partial charge in [-0.05, 0) is 44.4 Å². The fourth-order valence-electron chi connectivity index (χ4n) is 1.99. The Morgan fingerprint density at radius 1 is 1.43 bits per heavy atom. The van der Waals surface area contributed by atoms with Crippen molar-refractivity contribution in [2.75, 3.05) is 20.1 Å². The molecular weight excluding hydrogens is 288 g/mol. The second-order valence-corrected chi connectivity index (χ2v) is 7.36. The van der Waals surface area contributed by atoms with E-state index < -0.39 is 10.2 Å². The van der Waals surface area contributed by atoms with Gasteiger partial charge in [0, 0.05) is 25.8 Å². The summed E-state index contributed by atoms with van der Waals surface area (Å²) in [4.78, 5) is 4.19. The van der Waals surface area contributed by atoms with E-state index in [4.69, 9.17) is 0 Å². The molecule has 0 aromatic carbocycles. The van der Waals surface area contributed by atoms with E-state index in [1.165, 1.54) is 17.1 Å². The highest BCUT2D eigenvalue weighted by molar-refractivity contribution is 7.87. The van der Waals surface area contributed by atoms with Crippen molar-refractivity contribution in [3.05, 3.63) is 29.6 Å². The zero-order valence-corrected chi connectivity index (χ0v) is 13.5. The molecule has 118 valence electrons. The zero-order valence-electron chi connectivity index (χ0n) is 12.7. The Hall–Kier alpha value is -1.02. The Bertz CT molecular complexity index is 558. The standard InChI is InChI=1S/C14H24N4O2S/c1-12-5-3-8-16-14(12)11-17-21(19,20)18(2)10-4-9-15-13-6-7-13/h3,5,8,13,15,17H,4,6-7,9-11H2,1-2H3. The number of aryl methyl sites for hydroxylation is 1. The molecule has 1 aliphatic rings. The number of nitrogens with one attached hydrogen (secondary N) is 2. The highest BCUT2D eigenvalue weighted by Crippen LogP contribution is 2.18. The van der Waals surface area contributed by atoms with Crippen molar-refractivity contribution >= 4 is 10.2 Å². The molecular formula is C14H24N4O2S. The molecule has 0 atom stereocenters. The first kappa shape index (κ1) is 16.4. The highest BCUT2D eigenvalue weighted by Gasteiger charge is 2.21. The monoisotopic (exact) mass is 312 g/mol. The molecule has 21 heavy (non-hydrogen) atoms. The van der Waals surface area contributed by atoms with Gasteiger partial charge in [-0.15, -0.1) is 0 Å². The Morgan fingerprint density at radius 3 is 2.86 bits per heavy atom. The second-order valence-electron chi connectivity index (χ2n) is 5.50. The van der Waals surface area contributed by atoms with Crippen LogP contribution >= 0.6 is 0 Å². The van der Waals surface area contributed by atoms with Crippen molar-refractivity contribution in [1.82, 2.24) is 19.3 Å². The summed E-state index contributed by atoms with van der Waals surface area (Å²) in [6.45, 7) is 3.52. The molecule has 2 N–H and O–H groups in total. The summed E-state index contributed by atoms with van der Waals surface area (Å²) in [5.41, 5.74) is 1.74. The van der Waals surface area contributed by atoms with Crippen molar-refractivity contribution in [3.63, 3.8) is 0 Å². The lowest BCUT2D eigenvalue weighted by Gasteiger charge is -2.18. The Balaban J connectivity index is 1.75. The number of aromatic nitrogens is 1. The molecule has 6 nitrogen and oxygen atoms in total. The van der Waals surface area contributed by atoms with Gasteiger partial charge in [-0.1, -0.05) is 6.07 Å². The molecule has 1 heterocycles. The molecule has 0 amide bonds. The summed E-state index contributed by atoms with van der Waals surface area (Å²) in [7, 11) is -1.84. The molecule has 0 bridgehead atoms. The number of rotatable bonds is 9. The summed E-state index contributed by atoms with van der Waals surface area (Å²) in [6.07, 6.45) is 4.98. The lowest BCUT2D eigenvalue weighted by Crippen LogP contribution is -2.39. The summed E-state index contributed by atoms with van der Waals surface area (Å²) >= 11 is 0. The molecule has 1 fully saturated rings. The first-order valence-electron chi connectivity index (χ1n) is 7.34. The molecule has 7 heteroatoms. The van der Waals surface area contributed by atoms with Gasteiger partial charge in [-0.2, -0.15) is 17.4 Å². The Morgan fingerprint density at radius 2 is 2.19 bits per heavy atom. The van der Waals surface area contributed by atoms with Gasteiger partial charge in [0.05, 0.1) is 12.2 Å². The molecule has 1 aliphatic carbocycles. The normalized spacial score (nSPS) is 15.6. The molecule has 0 radical (unpaired) electrons. The van der Waals surface area contributed by atoms with Gasteiger partial charge in [0.15, 0.2) is 0 Å². The summed E-state index contributed by atoms with van der Waals surface area (Å²) < 4.78 is 28.2. The average molecular weight is 312 g/mol. The molecule has 0 saturated heterocycles. The van der Waals surface area contributed by atoms with Crippen LogP contribution in [0.25, 0.3) is 0 Å². The van der Waals surface area contributed by atoms with Crippen LogP contribution in [-0.4, -0.2) is 43.9 Å². The van der Waals surface area contributed by atoms with Crippen LogP contribution in [0.4, 0.5) is 0 Å². The van der Waals surface area contributed by atoms with E-state index in [1.54, 1.807) is 13.2 Å². The maximum Gasteiger partial charge on any atom is 0.279 e. The quantitative estimate of drug-likeness (QED) is 0.662. The van der Waals surface area contributed by atoms with Gasteiger partial charge >= 0.3 is 0 Å². The van der Waals surface area contributed by atoms with Crippen LogP contribution < -0.4 is 10.0 Å². The summed E-state index contributed by atoms with van der Waals surface area (Å²) in [5, 5.41) is 3.38. The van der Waals surface area contributed by atoms with Gasteiger partial charge in [0.1, 0.15) is 0 Å². The van der Waals surface area contributed by atoms with Gasteiger partial charge < -0.3 is 5.32 Å². The van der Waals surface area contributed by atoms with Crippen LogP contribution in [0.3, 0.4) is 0 Å². The van der Waals surface area contributed by atoms with Crippen molar-refractivity contribution in [3.8, 4) is 0 Å². The first-order chi connectivity index (χ1) is 9.99. The zero-order chi connectivity index (χ0) is 15.3. The number of hydrogen-bond acceptors (Lipinski definition) is 4. The van der Waals surface area contributed by atoms with Gasteiger partial charge in [0.25, 0.3) is 10.2 Å².